The molecule has 17 heavy (non-hydrogen) atoms. The molecule has 0 heterocycles. The molecule has 1 N–H and O–H groups in total. The summed E-state index contributed by atoms with van der Waals surface area (Å²) in [4.78, 5) is 10.9. The van der Waals surface area contributed by atoms with Crippen molar-refractivity contribution in [2.75, 3.05) is 0 Å². The van der Waals surface area contributed by atoms with Gasteiger partial charge in [-0.2, -0.15) is 26.3 Å². The van der Waals surface area contributed by atoms with E-state index in [-0.39, 0.29) is 6.42 Å². The second-order valence-electron chi connectivity index (χ2n) is 3.65. The molecule has 0 aliphatic rings. The Morgan fingerprint density at radius 1 is 1.18 bits per heavy atom. The van der Waals surface area contributed by atoms with Crippen molar-refractivity contribution in [3.63, 3.8) is 0 Å². The molecule has 0 fully saturated rings. The number of rotatable bonds is 4. The highest BCUT2D eigenvalue weighted by molar-refractivity contribution is 6.11. The maximum absolute atomic E-state index is 12.2. The van der Waals surface area contributed by atoms with Crippen molar-refractivity contribution in [2.45, 2.75) is 43.5 Å². The fourth-order valence-electron chi connectivity index (χ4n) is 1.02. The van der Waals surface area contributed by atoms with Crippen molar-refractivity contribution in [1.29, 1.82) is 0 Å². The molecule has 0 aliphatic heterocycles. The Kier molecular flexibility index (Phi) is 4.66. The standard InChI is InChI=1S/C8H9BF6O2/c1-4(9)2-3-5(16)6(17,7(10,11)12)8(13,14)15/h4,17H,2-3H2,1H3. The first kappa shape index (κ1) is 16.3. The van der Waals surface area contributed by atoms with Crippen LogP contribution in [0, 0.1) is 0 Å². The summed E-state index contributed by atoms with van der Waals surface area (Å²) in [5, 5.41) is 8.63. The van der Waals surface area contributed by atoms with Crippen molar-refractivity contribution in [3.8, 4) is 0 Å². The third-order valence-corrected chi connectivity index (χ3v) is 2.05. The van der Waals surface area contributed by atoms with Gasteiger partial charge < -0.3 is 5.11 Å². The SMILES string of the molecule is [B]C(C)CCC(=O)C(O)(C(F)(F)F)C(F)(F)F. The molecule has 0 saturated carbocycles. The van der Waals surface area contributed by atoms with Gasteiger partial charge >= 0.3 is 18.0 Å². The molecule has 2 radical (unpaired) electrons. The largest absolute Gasteiger partial charge is 0.433 e. The summed E-state index contributed by atoms with van der Waals surface area (Å²) >= 11 is 0. The van der Waals surface area contributed by atoms with Crippen LogP contribution in [-0.4, -0.2) is 36.7 Å². The summed E-state index contributed by atoms with van der Waals surface area (Å²) < 4.78 is 72.9. The smallest absolute Gasteiger partial charge is 0.367 e. The number of Topliss-reactive ketones (excluding diaryl/α,β-unsaturated/α-hetero) is 1. The summed E-state index contributed by atoms with van der Waals surface area (Å²) in [6.45, 7) is 1.31. The Hall–Kier alpha value is -0.725. The van der Waals surface area contributed by atoms with Crippen LogP contribution < -0.4 is 0 Å². The Morgan fingerprint density at radius 3 is 1.76 bits per heavy atom. The highest BCUT2D eigenvalue weighted by Crippen LogP contribution is 2.44. The van der Waals surface area contributed by atoms with E-state index in [2.05, 4.69) is 0 Å². The summed E-state index contributed by atoms with van der Waals surface area (Å²) in [7, 11) is 5.11. The minimum absolute atomic E-state index is 0.382. The molecule has 0 amide bonds. The Labute approximate surface area is 94.4 Å². The van der Waals surface area contributed by atoms with E-state index in [4.69, 9.17) is 13.0 Å². The molecule has 0 bridgehead atoms. The molecule has 0 aliphatic carbocycles. The average molecular weight is 262 g/mol. The minimum atomic E-state index is -6.11. The fourth-order valence-corrected chi connectivity index (χ4v) is 1.02. The van der Waals surface area contributed by atoms with Crippen molar-refractivity contribution < 1.29 is 36.2 Å². The number of carbonyl (C=O) groups excluding carboxylic acids is 1. The first-order valence-corrected chi connectivity index (χ1v) is 4.48. The van der Waals surface area contributed by atoms with Gasteiger partial charge in [0, 0.05) is 6.42 Å². The number of ketones is 1. The van der Waals surface area contributed by atoms with Gasteiger partial charge in [-0.05, 0) is 0 Å². The molecule has 0 aromatic carbocycles. The third-order valence-electron chi connectivity index (χ3n) is 2.05. The van der Waals surface area contributed by atoms with E-state index in [1.165, 1.54) is 6.92 Å². The predicted molar refractivity (Wildman–Crippen MR) is 46.5 cm³/mol. The van der Waals surface area contributed by atoms with Crippen molar-refractivity contribution in [1.82, 2.24) is 0 Å². The monoisotopic (exact) mass is 262 g/mol. The second-order valence-corrected chi connectivity index (χ2v) is 3.65. The van der Waals surface area contributed by atoms with Crippen LogP contribution in [0.2, 0.25) is 5.82 Å². The zero-order chi connectivity index (χ0) is 14.1. The van der Waals surface area contributed by atoms with Gasteiger partial charge in [-0.1, -0.05) is 19.2 Å². The molecular formula is C8H9BF6O2. The van der Waals surface area contributed by atoms with E-state index in [9.17, 15) is 31.1 Å². The summed E-state index contributed by atoms with van der Waals surface area (Å²) in [5.41, 5.74) is -5.32. The summed E-state index contributed by atoms with van der Waals surface area (Å²) in [5.74, 6) is -3.10. The van der Waals surface area contributed by atoms with Crippen molar-refractivity contribution in [2.24, 2.45) is 0 Å². The fraction of sp³-hybridized carbons (Fsp3) is 0.875. The average Bonchev–Trinajstić information content (AvgIpc) is 2.08. The maximum atomic E-state index is 12.2. The van der Waals surface area contributed by atoms with E-state index < -0.39 is 36.0 Å². The first-order chi connectivity index (χ1) is 7.34. The third kappa shape index (κ3) is 3.37. The van der Waals surface area contributed by atoms with E-state index in [0.29, 0.717) is 0 Å². The highest BCUT2D eigenvalue weighted by atomic mass is 19.4. The number of carbonyl (C=O) groups is 1. The van der Waals surface area contributed by atoms with Crippen LogP contribution in [0.25, 0.3) is 0 Å². The Morgan fingerprint density at radius 2 is 1.53 bits per heavy atom. The molecule has 98 valence electrons. The van der Waals surface area contributed by atoms with Crippen LogP contribution in [0.3, 0.4) is 0 Å². The number of halogens is 6. The van der Waals surface area contributed by atoms with E-state index in [1.54, 1.807) is 0 Å². The lowest BCUT2D eigenvalue weighted by Gasteiger charge is -2.30. The van der Waals surface area contributed by atoms with E-state index >= 15 is 0 Å². The molecule has 0 saturated heterocycles. The molecule has 0 rings (SSSR count). The highest BCUT2D eigenvalue weighted by Gasteiger charge is 2.74. The maximum Gasteiger partial charge on any atom is 0.433 e. The molecule has 0 spiro atoms. The Balaban J connectivity index is 5.16. The molecule has 0 aromatic rings. The lowest BCUT2D eigenvalue weighted by Crippen LogP contribution is -2.62. The second kappa shape index (κ2) is 4.87. The molecule has 9 heteroatoms. The lowest BCUT2D eigenvalue weighted by atomic mass is 9.82. The van der Waals surface area contributed by atoms with Gasteiger partial charge in [0.25, 0.3) is 0 Å². The quantitative estimate of drug-likeness (QED) is 0.622. The zero-order valence-electron chi connectivity index (χ0n) is 8.69. The van der Waals surface area contributed by atoms with Crippen molar-refractivity contribution in [3.05, 3.63) is 0 Å². The van der Waals surface area contributed by atoms with Crippen LogP contribution in [0.5, 0.6) is 0 Å². The van der Waals surface area contributed by atoms with Crippen LogP contribution in [0.4, 0.5) is 26.3 Å². The number of alkyl halides is 6. The van der Waals surface area contributed by atoms with Gasteiger partial charge in [0.15, 0.2) is 5.78 Å². The van der Waals surface area contributed by atoms with Crippen LogP contribution in [0.15, 0.2) is 0 Å². The predicted octanol–water partition coefficient (Wildman–Crippen LogP) is 2.17. The first-order valence-electron chi connectivity index (χ1n) is 4.48. The van der Waals surface area contributed by atoms with Crippen LogP contribution in [0.1, 0.15) is 19.8 Å². The zero-order valence-corrected chi connectivity index (χ0v) is 8.69. The number of hydrogen-bond donors (Lipinski definition) is 1. The van der Waals surface area contributed by atoms with Gasteiger partial charge in [-0.15, -0.1) is 0 Å². The molecule has 1 atom stereocenters. The van der Waals surface area contributed by atoms with E-state index in [1.807, 2.05) is 0 Å². The molecular weight excluding hydrogens is 253 g/mol. The minimum Gasteiger partial charge on any atom is -0.367 e. The number of hydrogen-bond acceptors (Lipinski definition) is 2. The van der Waals surface area contributed by atoms with Crippen LogP contribution in [-0.2, 0) is 4.79 Å². The normalized spacial score (nSPS) is 15.8. The lowest BCUT2D eigenvalue weighted by molar-refractivity contribution is -0.349. The van der Waals surface area contributed by atoms with Crippen molar-refractivity contribution >= 4 is 13.6 Å². The van der Waals surface area contributed by atoms with Gasteiger partial charge in [0.1, 0.15) is 0 Å². The van der Waals surface area contributed by atoms with Gasteiger partial charge in [-0.3, -0.25) is 4.79 Å². The molecule has 2 nitrogen and oxygen atoms in total. The van der Waals surface area contributed by atoms with Gasteiger partial charge in [-0.25, -0.2) is 0 Å². The summed E-state index contributed by atoms with van der Waals surface area (Å²) in [6, 6.07) is 0. The topological polar surface area (TPSA) is 37.3 Å². The van der Waals surface area contributed by atoms with E-state index in [0.717, 1.165) is 0 Å². The molecule has 1 unspecified atom stereocenters. The Bertz CT molecular complexity index is 269. The molecule has 0 aromatic heterocycles. The summed E-state index contributed by atoms with van der Waals surface area (Å²) in [6.07, 6.45) is -13.7. The van der Waals surface area contributed by atoms with Gasteiger partial charge in [0.2, 0.25) is 0 Å². The van der Waals surface area contributed by atoms with Crippen LogP contribution >= 0.6 is 0 Å². The number of aliphatic hydroxyl groups is 1. The van der Waals surface area contributed by atoms with Gasteiger partial charge in [0.05, 0.1) is 7.85 Å².